The number of pyridine rings is 2. The molecule has 0 radical (unpaired) electrons. The van der Waals surface area contributed by atoms with Crippen LogP contribution in [0.3, 0.4) is 0 Å². The molecule has 7 nitrogen and oxygen atoms in total. The molecule has 1 fully saturated rings. The Morgan fingerprint density at radius 2 is 1.97 bits per heavy atom. The first-order valence-corrected chi connectivity index (χ1v) is 11.1. The summed E-state index contributed by atoms with van der Waals surface area (Å²) < 4.78 is 49.0. The van der Waals surface area contributed by atoms with E-state index in [9.17, 15) is 13.2 Å². The van der Waals surface area contributed by atoms with Gasteiger partial charge in [0.1, 0.15) is 11.7 Å². The van der Waals surface area contributed by atoms with Crippen molar-refractivity contribution in [3.8, 4) is 11.5 Å². The van der Waals surface area contributed by atoms with E-state index in [4.69, 9.17) is 15.5 Å². The molecule has 1 aliphatic heterocycles. The number of alkyl halides is 3. The second-order valence-electron chi connectivity index (χ2n) is 8.67. The minimum atomic E-state index is -4.44. The molecule has 2 N–H and O–H groups in total. The molecule has 1 aliphatic rings. The number of ether oxygens (including phenoxy) is 1. The number of methoxy groups -OCH3 is 1. The zero-order chi connectivity index (χ0) is 23.9. The van der Waals surface area contributed by atoms with Gasteiger partial charge >= 0.3 is 6.18 Å². The lowest BCUT2D eigenvalue weighted by molar-refractivity contribution is -0.183. The predicted molar refractivity (Wildman–Crippen MR) is 122 cm³/mol. The number of aromatic nitrogens is 4. The van der Waals surface area contributed by atoms with Gasteiger partial charge in [-0.3, -0.25) is 9.30 Å². The topological polar surface area (TPSA) is 81.6 Å². The number of fused-ring (bicyclic) bond motifs is 2. The van der Waals surface area contributed by atoms with Crippen LogP contribution in [0.5, 0.6) is 0 Å². The van der Waals surface area contributed by atoms with Gasteiger partial charge in [0.05, 0.1) is 12.1 Å². The van der Waals surface area contributed by atoms with E-state index in [-0.39, 0.29) is 18.2 Å². The van der Waals surface area contributed by atoms with E-state index in [0.717, 1.165) is 22.9 Å². The Morgan fingerprint density at radius 3 is 2.71 bits per heavy atom. The molecule has 4 aromatic rings. The summed E-state index contributed by atoms with van der Waals surface area (Å²) in [5.74, 6) is 0.389. The molecule has 4 heterocycles. The predicted octanol–water partition coefficient (Wildman–Crippen LogP) is 3.77. The van der Waals surface area contributed by atoms with Crippen LogP contribution in [0.2, 0.25) is 0 Å². The summed E-state index contributed by atoms with van der Waals surface area (Å²) in [6.45, 7) is 1.11. The third-order valence-electron chi connectivity index (χ3n) is 6.25. The number of nitrogens with two attached hydrogens (primary N) is 1. The van der Waals surface area contributed by atoms with Crippen LogP contribution in [0.4, 0.5) is 13.2 Å². The number of benzene rings is 1. The van der Waals surface area contributed by atoms with Crippen molar-refractivity contribution in [1.29, 1.82) is 0 Å². The van der Waals surface area contributed by atoms with Crippen molar-refractivity contribution in [2.24, 2.45) is 5.73 Å². The molecule has 0 amide bonds. The molecule has 1 aromatic carbocycles. The Morgan fingerprint density at radius 1 is 1.15 bits per heavy atom. The molecule has 10 heteroatoms. The molecule has 1 saturated heterocycles. The van der Waals surface area contributed by atoms with E-state index in [1.165, 1.54) is 17.2 Å². The normalized spacial score (nSPS) is 18.2. The van der Waals surface area contributed by atoms with E-state index in [0.29, 0.717) is 36.7 Å². The maximum atomic E-state index is 14.1. The van der Waals surface area contributed by atoms with Crippen molar-refractivity contribution < 1.29 is 17.9 Å². The van der Waals surface area contributed by atoms with Crippen molar-refractivity contribution in [3.05, 3.63) is 59.8 Å². The van der Waals surface area contributed by atoms with Gasteiger partial charge in [-0.15, -0.1) is 10.2 Å². The molecule has 34 heavy (non-hydrogen) atoms. The van der Waals surface area contributed by atoms with E-state index in [2.05, 4.69) is 10.2 Å². The molecule has 1 unspecified atom stereocenters. The number of likely N-dealkylation sites (tertiary alicyclic amines) is 1. The highest BCUT2D eigenvalue weighted by molar-refractivity contribution is 5.81. The molecule has 0 saturated carbocycles. The molecular formula is C24H25F3N6O. The molecular weight excluding hydrogens is 445 g/mol. The summed E-state index contributed by atoms with van der Waals surface area (Å²) in [7, 11) is 1.66. The van der Waals surface area contributed by atoms with Crippen molar-refractivity contribution >= 4 is 16.6 Å². The van der Waals surface area contributed by atoms with Gasteiger partial charge in [0.2, 0.25) is 0 Å². The molecule has 5 rings (SSSR count). The highest BCUT2D eigenvalue weighted by atomic mass is 19.4. The van der Waals surface area contributed by atoms with Crippen molar-refractivity contribution in [1.82, 2.24) is 24.5 Å². The highest BCUT2D eigenvalue weighted by Crippen LogP contribution is 2.39. The van der Waals surface area contributed by atoms with Crippen LogP contribution in [0.25, 0.3) is 28.1 Å². The Hall–Kier alpha value is -3.08. The van der Waals surface area contributed by atoms with Gasteiger partial charge in [-0.25, -0.2) is 4.98 Å². The highest BCUT2D eigenvalue weighted by Gasteiger charge is 2.46. The van der Waals surface area contributed by atoms with Crippen LogP contribution in [0, 0.1) is 0 Å². The first-order chi connectivity index (χ1) is 16.3. The molecule has 3 aromatic heterocycles. The minimum absolute atomic E-state index is 0.123. The van der Waals surface area contributed by atoms with Crippen molar-refractivity contribution in [2.45, 2.75) is 31.1 Å². The zero-order valence-electron chi connectivity index (χ0n) is 18.7. The van der Waals surface area contributed by atoms with Crippen LogP contribution in [0.1, 0.15) is 23.6 Å². The number of rotatable bonds is 6. The van der Waals surface area contributed by atoms with Gasteiger partial charge in [-0.05, 0) is 42.2 Å². The lowest BCUT2D eigenvalue weighted by Gasteiger charge is -2.30. The third kappa shape index (κ3) is 4.36. The van der Waals surface area contributed by atoms with E-state index in [1.54, 1.807) is 23.6 Å². The molecule has 0 aliphatic carbocycles. The van der Waals surface area contributed by atoms with Gasteiger partial charge in [0, 0.05) is 37.8 Å². The largest absolute Gasteiger partial charge is 0.408 e. The van der Waals surface area contributed by atoms with Crippen LogP contribution in [-0.2, 0) is 11.2 Å². The molecule has 0 bridgehead atoms. The summed E-state index contributed by atoms with van der Waals surface area (Å²) >= 11 is 0. The van der Waals surface area contributed by atoms with Gasteiger partial charge in [0.15, 0.2) is 11.5 Å². The Kier molecular flexibility index (Phi) is 5.97. The fourth-order valence-electron chi connectivity index (χ4n) is 4.56. The second kappa shape index (κ2) is 8.94. The van der Waals surface area contributed by atoms with E-state index in [1.807, 2.05) is 24.3 Å². The van der Waals surface area contributed by atoms with Crippen molar-refractivity contribution in [2.75, 3.05) is 26.8 Å². The van der Waals surface area contributed by atoms with Crippen molar-refractivity contribution in [3.63, 3.8) is 0 Å². The maximum Gasteiger partial charge on any atom is 0.408 e. The molecule has 2 atom stereocenters. The zero-order valence-corrected chi connectivity index (χ0v) is 18.7. The Bertz CT molecular complexity index is 1320. The summed E-state index contributed by atoms with van der Waals surface area (Å²) in [6, 6.07) is 10.8. The van der Waals surface area contributed by atoms with E-state index < -0.39 is 12.2 Å². The first-order valence-electron chi connectivity index (χ1n) is 11.1. The lowest BCUT2D eigenvalue weighted by atomic mass is 10.1. The minimum Gasteiger partial charge on any atom is -0.384 e. The summed E-state index contributed by atoms with van der Waals surface area (Å²) in [5.41, 5.74) is 8.87. The number of hydrogen-bond acceptors (Lipinski definition) is 6. The maximum absolute atomic E-state index is 14.1. The average molecular weight is 470 g/mol. The fraction of sp³-hybridized carbons (Fsp3) is 0.375. The summed E-state index contributed by atoms with van der Waals surface area (Å²) in [4.78, 5) is 6.13. The first kappa shape index (κ1) is 22.7. The van der Waals surface area contributed by atoms with Crippen LogP contribution < -0.4 is 5.73 Å². The fourth-order valence-corrected chi connectivity index (χ4v) is 4.56. The standard InChI is InChI=1S/C24H25F3N6O/c1-34-11-9-15-2-3-16-4-6-19(29-20(16)12-15)23-31-30-21-7-5-17(13-33(21)23)22(24(25,26)27)32-10-8-18(28)14-32/h2-7,12-13,18,22H,8-11,14,28H2,1H3/t18?,22-/m1/s1. The average Bonchev–Trinajstić information content (AvgIpc) is 3.42. The Balaban J connectivity index is 1.56. The number of nitrogens with zero attached hydrogens (tertiary/aromatic N) is 5. The van der Waals surface area contributed by atoms with Crippen LogP contribution in [-0.4, -0.2) is 63.5 Å². The van der Waals surface area contributed by atoms with Gasteiger partial charge < -0.3 is 10.5 Å². The van der Waals surface area contributed by atoms with Gasteiger partial charge in [-0.2, -0.15) is 13.2 Å². The van der Waals surface area contributed by atoms with Crippen LogP contribution >= 0.6 is 0 Å². The summed E-state index contributed by atoms with van der Waals surface area (Å²) in [6.07, 6.45) is -1.67. The van der Waals surface area contributed by atoms with Gasteiger partial charge in [-0.1, -0.05) is 24.3 Å². The SMILES string of the molecule is COCCc1ccc2ccc(-c3nnc4ccc([C@@H](N5CCC(N)C5)C(F)(F)F)cn34)nc2c1. The smallest absolute Gasteiger partial charge is 0.384 e. The lowest BCUT2D eigenvalue weighted by Crippen LogP contribution is -2.38. The number of hydrogen-bond donors (Lipinski definition) is 1. The monoisotopic (exact) mass is 470 g/mol. The molecule has 0 spiro atoms. The summed E-state index contributed by atoms with van der Waals surface area (Å²) in [5, 5.41) is 9.34. The van der Waals surface area contributed by atoms with E-state index >= 15 is 0 Å². The third-order valence-corrected chi connectivity index (χ3v) is 6.25. The Labute approximate surface area is 194 Å². The number of halogens is 3. The van der Waals surface area contributed by atoms with Gasteiger partial charge in [0.25, 0.3) is 0 Å². The second-order valence-corrected chi connectivity index (χ2v) is 8.67. The quantitative estimate of drug-likeness (QED) is 0.462. The molecule has 178 valence electrons. The van der Waals surface area contributed by atoms with Crippen LogP contribution in [0.15, 0.2) is 48.7 Å².